The summed E-state index contributed by atoms with van der Waals surface area (Å²) in [6.07, 6.45) is 6.81. The van der Waals surface area contributed by atoms with Gasteiger partial charge in [0.15, 0.2) is 5.82 Å². The number of benzene rings is 2. The fraction of sp³-hybridized carbons (Fsp3) is 0.222. The third kappa shape index (κ3) is 7.06. The lowest BCUT2D eigenvalue weighted by Gasteiger charge is -2.17. The Labute approximate surface area is 216 Å². The average Bonchev–Trinajstić information content (AvgIpc) is 3.23. The smallest absolute Gasteiger partial charge is 0.230 e. The van der Waals surface area contributed by atoms with E-state index in [0.29, 0.717) is 22.6 Å². The number of aryl methyl sites for hydroxylation is 1. The second-order valence-electron chi connectivity index (χ2n) is 9.17. The van der Waals surface area contributed by atoms with Crippen molar-refractivity contribution < 1.29 is 4.57 Å². The van der Waals surface area contributed by atoms with Crippen molar-refractivity contribution in [3.05, 3.63) is 88.9 Å². The summed E-state index contributed by atoms with van der Waals surface area (Å²) >= 11 is 6.14. The number of H-pyrrole nitrogens is 1. The number of hydrogen-bond donors (Lipinski definition) is 3. The molecule has 186 valence electrons. The summed E-state index contributed by atoms with van der Waals surface area (Å²) in [6.45, 7) is 7.60. The predicted octanol–water partition coefficient (Wildman–Crippen LogP) is 6.54. The van der Waals surface area contributed by atoms with Crippen LogP contribution < -0.4 is 15.9 Å². The minimum absolute atomic E-state index is 0.138. The maximum absolute atomic E-state index is 12.3. The summed E-state index contributed by atoms with van der Waals surface area (Å²) < 4.78 is 12.3. The van der Waals surface area contributed by atoms with Crippen LogP contribution in [0.4, 0.5) is 11.5 Å². The lowest BCUT2D eigenvalue weighted by atomic mass is 9.99. The molecule has 4 rings (SSSR count). The van der Waals surface area contributed by atoms with E-state index in [2.05, 4.69) is 33.8 Å². The second kappa shape index (κ2) is 11.1. The minimum Gasteiger partial charge on any atom is -0.340 e. The van der Waals surface area contributed by atoms with Crippen LogP contribution >= 0.6 is 18.7 Å². The van der Waals surface area contributed by atoms with Gasteiger partial charge in [-0.05, 0) is 80.8 Å². The number of rotatable bonds is 6. The summed E-state index contributed by atoms with van der Waals surface area (Å²) in [6, 6.07) is 17.2. The van der Waals surface area contributed by atoms with Gasteiger partial charge >= 0.3 is 0 Å². The number of halogens is 1. The number of anilines is 2. The molecule has 1 aromatic heterocycles. The van der Waals surface area contributed by atoms with E-state index in [1.54, 1.807) is 13.3 Å². The highest BCUT2D eigenvalue weighted by Gasteiger charge is 2.15. The number of aromatic nitrogens is 2. The molecule has 1 atom stereocenters. The molecule has 0 radical (unpaired) electrons. The Morgan fingerprint density at radius 3 is 2.50 bits per heavy atom. The van der Waals surface area contributed by atoms with Gasteiger partial charge in [0.2, 0.25) is 5.96 Å². The van der Waals surface area contributed by atoms with Crippen LogP contribution in [0.25, 0.3) is 6.08 Å². The van der Waals surface area contributed by atoms with Crippen LogP contribution in [0, 0.1) is 12.8 Å². The second-order valence-corrected chi connectivity index (χ2v) is 12.8. The quantitative estimate of drug-likeness (QED) is 0.322. The molecule has 1 aliphatic heterocycles. The van der Waals surface area contributed by atoms with Crippen molar-refractivity contribution in [2.75, 3.05) is 24.0 Å². The predicted molar refractivity (Wildman–Crippen MR) is 153 cm³/mol. The van der Waals surface area contributed by atoms with Crippen LogP contribution in [-0.2, 0) is 4.57 Å². The highest BCUT2D eigenvalue weighted by Crippen LogP contribution is 2.34. The maximum Gasteiger partial charge on any atom is 0.230 e. The van der Waals surface area contributed by atoms with Crippen molar-refractivity contribution in [1.29, 1.82) is 0 Å². The van der Waals surface area contributed by atoms with Crippen molar-refractivity contribution in [3.63, 3.8) is 0 Å². The third-order valence-electron chi connectivity index (χ3n) is 5.63. The minimum atomic E-state index is -2.31. The lowest BCUT2D eigenvalue weighted by molar-refractivity contribution is 0.588. The van der Waals surface area contributed by atoms with E-state index in [-0.39, 0.29) is 5.92 Å². The van der Waals surface area contributed by atoms with Crippen molar-refractivity contribution in [1.82, 2.24) is 10.2 Å². The Hall–Kier alpha value is -3.41. The zero-order chi connectivity index (χ0) is 25.7. The molecular weight excluding hydrogens is 491 g/mol. The summed E-state index contributed by atoms with van der Waals surface area (Å²) in [5, 5.41) is 15.3. The average molecular weight is 521 g/mol. The Morgan fingerprint density at radius 1 is 1.06 bits per heavy atom. The van der Waals surface area contributed by atoms with Gasteiger partial charge in [0.1, 0.15) is 13.0 Å². The van der Waals surface area contributed by atoms with Crippen LogP contribution in [-0.4, -0.2) is 35.2 Å². The number of nitrogens with zero attached hydrogens (tertiary/aromatic N) is 3. The summed E-state index contributed by atoms with van der Waals surface area (Å²) in [5.41, 5.74) is 3.67. The molecule has 36 heavy (non-hydrogen) atoms. The number of hydrogen-bond acceptors (Lipinski definition) is 6. The van der Waals surface area contributed by atoms with E-state index < -0.39 is 7.14 Å². The largest absolute Gasteiger partial charge is 0.340 e. The van der Waals surface area contributed by atoms with E-state index in [0.717, 1.165) is 34.4 Å². The van der Waals surface area contributed by atoms with Crippen LogP contribution in [0.15, 0.2) is 82.6 Å². The molecule has 0 bridgehead atoms. The normalized spacial score (nSPS) is 20.9. The van der Waals surface area contributed by atoms with Crippen molar-refractivity contribution >= 4 is 53.3 Å². The summed E-state index contributed by atoms with van der Waals surface area (Å²) in [5.74, 6) is 1.86. The highest BCUT2D eigenvalue weighted by atomic mass is 35.5. The van der Waals surface area contributed by atoms with Gasteiger partial charge in [-0.3, -0.25) is 5.10 Å². The number of guanidine groups is 1. The zero-order valence-corrected chi connectivity index (χ0v) is 22.4. The molecular formula is C27H30ClN6OP. The van der Waals surface area contributed by atoms with Gasteiger partial charge in [-0.1, -0.05) is 36.7 Å². The van der Waals surface area contributed by atoms with Crippen LogP contribution in [0.5, 0.6) is 0 Å². The lowest BCUT2D eigenvalue weighted by Crippen LogP contribution is -2.19. The fourth-order valence-corrected chi connectivity index (χ4v) is 4.67. The van der Waals surface area contributed by atoms with Crippen molar-refractivity contribution in [2.24, 2.45) is 15.9 Å². The van der Waals surface area contributed by atoms with Gasteiger partial charge in [0.25, 0.3) is 0 Å². The van der Waals surface area contributed by atoms with Crippen LogP contribution in [0.3, 0.4) is 0 Å². The molecule has 0 saturated carbocycles. The van der Waals surface area contributed by atoms with Gasteiger partial charge in [0.05, 0.1) is 0 Å². The summed E-state index contributed by atoms with van der Waals surface area (Å²) in [7, 11) is -2.31. The van der Waals surface area contributed by atoms with Crippen molar-refractivity contribution in [3.8, 4) is 0 Å². The SMILES string of the molecule is Cc1cc(NC2=N/C(Nc3ccc(P(C)(C)=O)cc3)=C/CC(C)C(/C=C/c3cccc(Cl)c3)=N\2)n[nH]1. The van der Waals surface area contributed by atoms with Crippen LogP contribution in [0.1, 0.15) is 24.6 Å². The molecule has 2 aromatic carbocycles. The Balaban J connectivity index is 1.64. The Bertz CT molecular complexity index is 1400. The molecule has 7 nitrogen and oxygen atoms in total. The molecule has 0 fully saturated rings. The highest BCUT2D eigenvalue weighted by molar-refractivity contribution is 7.70. The zero-order valence-electron chi connectivity index (χ0n) is 20.8. The van der Waals surface area contributed by atoms with Gasteiger partial charge in [0, 0.05) is 39.4 Å². The van der Waals surface area contributed by atoms with E-state index in [1.807, 2.05) is 73.7 Å². The van der Waals surface area contributed by atoms with Gasteiger partial charge < -0.3 is 15.2 Å². The molecule has 0 spiro atoms. The monoisotopic (exact) mass is 520 g/mol. The van der Waals surface area contributed by atoms with Gasteiger partial charge in [-0.25, -0.2) is 4.99 Å². The molecule has 3 N–H and O–H groups in total. The molecule has 0 amide bonds. The van der Waals surface area contributed by atoms with Gasteiger partial charge in [-0.15, -0.1) is 0 Å². The van der Waals surface area contributed by atoms with Gasteiger partial charge in [-0.2, -0.15) is 10.1 Å². The van der Waals surface area contributed by atoms with E-state index >= 15 is 0 Å². The van der Waals surface area contributed by atoms with Crippen LogP contribution in [0.2, 0.25) is 5.02 Å². The number of allylic oxidation sites excluding steroid dienone is 2. The van der Waals surface area contributed by atoms with Crippen molar-refractivity contribution in [2.45, 2.75) is 20.3 Å². The molecule has 1 unspecified atom stereocenters. The first-order chi connectivity index (χ1) is 17.2. The van der Waals surface area contributed by atoms with E-state index in [4.69, 9.17) is 21.6 Å². The standard InChI is InChI=1S/C27H30ClN6OP/c1-18-8-15-25(29-22-10-12-23(13-11-22)36(3,4)35)31-27(32-26-16-19(2)33-34-26)30-24(18)14-9-20-6-5-7-21(28)17-20/h5-7,9-18,29H,8H2,1-4H3,(H2,31,32,33,34)/b14-9+,25-15+,30-24-. The number of aromatic amines is 1. The number of aliphatic imine (C=N–C) groups is 2. The first-order valence-electron chi connectivity index (χ1n) is 11.7. The number of nitrogens with one attached hydrogen (secondary N) is 3. The van der Waals surface area contributed by atoms with E-state index in [9.17, 15) is 4.57 Å². The Kier molecular flexibility index (Phi) is 7.92. The molecule has 3 aromatic rings. The molecule has 1 aliphatic rings. The Morgan fingerprint density at radius 2 is 1.83 bits per heavy atom. The van der Waals surface area contributed by atoms with E-state index in [1.165, 1.54) is 0 Å². The first kappa shape index (κ1) is 25.7. The summed E-state index contributed by atoms with van der Waals surface area (Å²) in [4.78, 5) is 9.63. The molecule has 0 aliphatic carbocycles. The third-order valence-corrected chi connectivity index (χ3v) is 7.41. The maximum atomic E-state index is 12.3. The first-order valence-corrected chi connectivity index (χ1v) is 14.7. The topological polar surface area (TPSA) is 94.5 Å². The molecule has 0 saturated heterocycles. The molecule has 9 heteroatoms. The fourth-order valence-electron chi connectivity index (χ4n) is 3.60. The molecule has 2 heterocycles.